The summed E-state index contributed by atoms with van der Waals surface area (Å²) in [7, 11) is 0. The Morgan fingerprint density at radius 3 is 2.56 bits per heavy atom. The lowest BCUT2D eigenvalue weighted by Crippen LogP contribution is -2.23. The lowest BCUT2D eigenvalue weighted by molar-refractivity contribution is -0.137. The number of thiophene rings is 1. The second-order valence-electron chi connectivity index (χ2n) is 6.27. The Hall–Kier alpha value is -1.89. The first kappa shape index (κ1) is 17.9. The summed E-state index contributed by atoms with van der Waals surface area (Å²) in [6.45, 7) is 2.15. The van der Waals surface area contributed by atoms with Crippen molar-refractivity contribution < 1.29 is 13.2 Å². The number of aromatic nitrogens is 1. The Labute approximate surface area is 147 Å². The van der Waals surface area contributed by atoms with E-state index in [0.717, 1.165) is 48.6 Å². The minimum absolute atomic E-state index is 0.194. The molecule has 1 aliphatic carbocycles. The van der Waals surface area contributed by atoms with Crippen LogP contribution >= 0.6 is 11.3 Å². The first-order valence-corrected chi connectivity index (χ1v) is 9.21. The van der Waals surface area contributed by atoms with Crippen molar-refractivity contribution in [2.24, 2.45) is 11.0 Å². The van der Waals surface area contributed by atoms with Crippen molar-refractivity contribution in [1.29, 1.82) is 0 Å². The van der Waals surface area contributed by atoms with Crippen LogP contribution in [0.2, 0.25) is 0 Å². The Morgan fingerprint density at radius 1 is 1.28 bits per heavy atom. The van der Waals surface area contributed by atoms with Gasteiger partial charge in [0.25, 0.3) is 5.56 Å². The number of pyridine rings is 1. The topological polar surface area (TPSA) is 34.4 Å². The molecule has 0 amide bonds. The first-order chi connectivity index (χ1) is 11.9. The van der Waals surface area contributed by atoms with Crippen LogP contribution in [0.4, 0.5) is 13.2 Å². The molecule has 0 atom stereocenters. The minimum Gasteiger partial charge on any atom is -0.267 e. The predicted octanol–water partition coefficient (Wildman–Crippen LogP) is 5.40. The Bertz CT molecular complexity index is 812. The molecule has 7 heteroatoms. The zero-order chi connectivity index (χ0) is 18.0. The van der Waals surface area contributed by atoms with Gasteiger partial charge in [0.2, 0.25) is 0 Å². The molecule has 3 rings (SSSR count). The van der Waals surface area contributed by atoms with Crippen LogP contribution in [0.3, 0.4) is 0 Å². The molecule has 0 bridgehead atoms. The normalized spacial score (nSPS) is 18.4. The highest BCUT2D eigenvalue weighted by molar-refractivity contribution is 7.13. The van der Waals surface area contributed by atoms with Gasteiger partial charge in [-0.25, -0.2) is 0 Å². The molecule has 0 radical (unpaired) electrons. The zero-order valence-electron chi connectivity index (χ0n) is 13.8. The Balaban J connectivity index is 2.06. The summed E-state index contributed by atoms with van der Waals surface area (Å²) in [5.74, 6) is 0.667. The average Bonchev–Trinajstić information content (AvgIpc) is 3.10. The largest absolute Gasteiger partial charge is 0.416 e. The van der Waals surface area contributed by atoms with Gasteiger partial charge in [-0.1, -0.05) is 19.4 Å². The molecule has 0 aromatic carbocycles. The summed E-state index contributed by atoms with van der Waals surface area (Å²) < 4.78 is 40.4. The molecular weight excluding hydrogens is 349 g/mol. The van der Waals surface area contributed by atoms with E-state index in [1.807, 2.05) is 0 Å². The van der Waals surface area contributed by atoms with Gasteiger partial charge in [-0.3, -0.25) is 4.79 Å². The van der Waals surface area contributed by atoms with Crippen LogP contribution in [0, 0.1) is 5.92 Å². The van der Waals surface area contributed by atoms with Crippen molar-refractivity contribution in [2.75, 3.05) is 0 Å². The van der Waals surface area contributed by atoms with Crippen LogP contribution in [0.25, 0.3) is 10.6 Å². The molecular formula is C18H19F3N2OS. The standard InChI is InChI=1S/C18H19F3N2OS/c1-2-12-5-7-14(8-6-12)22-23-15(16-4-3-9-25-16)10-13(11-17(23)24)18(19,20)21/h3-4,9-12H,2,5-8H2,1H3. The van der Waals surface area contributed by atoms with E-state index in [9.17, 15) is 18.0 Å². The molecule has 2 heterocycles. The number of alkyl halides is 3. The average molecular weight is 368 g/mol. The lowest BCUT2D eigenvalue weighted by atomic mass is 9.86. The van der Waals surface area contributed by atoms with Gasteiger partial charge in [0, 0.05) is 11.8 Å². The molecule has 0 unspecified atom stereocenters. The molecule has 0 aliphatic heterocycles. The molecule has 134 valence electrons. The summed E-state index contributed by atoms with van der Waals surface area (Å²) in [6, 6.07) is 5.08. The number of rotatable bonds is 3. The van der Waals surface area contributed by atoms with Crippen LogP contribution in [-0.2, 0) is 6.18 Å². The number of hydrogen-bond donors (Lipinski definition) is 0. The van der Waals surface area contributed by atoms with Crippen LogP contribution < -0.4 is 5.56 Å². The number of hydrogen-bond acceptors (Lipinski definition) is 3. The Kier molecular flexibility index (Phi) is 5.13. The molecule has 2 aromatic rings. The van der Waals surface area contributed by atoms with Crippen molar-refractivity contribution in [3.05, 3.63) is 45.6 Å². The van der Waals surface area contributed by atoms with Crippen molar-refractivity contribution in [3.63, 3.8) is 0 Å². The molecule has 1 saturated carbocycles. The van der Waals surface area contributed by atoms with Gasteiger partial charge in [-0.2, -0.15) is 22.9 Å². The number of halogens is 3. The summed E-state index contributed by atoms with van der Waals surface area (Å²) in [5.41, 5.74) is -0.611. The van der Waals surface area contributed by atoms with Crippen molar-refractivity contribution >= 4 is 17.0 Å². The van der Waals surface area contributed by atoms with E-state index in [2.05, 4.69) is 12.0 Å². The van der Waals surface area contributed by atoms with Crippen LogP contribution in [0.5, 0.6) is 0 Å². The van der Waals surface area contributed by atoms with Gasteiger partial charge in [0.05, 0.1) is 16.1 Å². The van der Waals surface area contributed by atoms with Gasteiger partial charge in [-0.05, 0) is 49.1 Å². The fourth-order valence-corrected chi connectivity index (χ4v) is 3.82. The predicted molar refractivity (Wildman–Crippen MR) is 94.1 cm³/mol. The van der Waals surface area contributed by atoms with E-state index in [1.54, 1.807) is 17.5 Å². The highest BCUT2D eigenvalue weighted by Gasteiger charge is 2.32. The van der Waals surface area contributed by atoms with E-state index in [4.69, 9.17) is 0 Å². The first-order valence-electron chi connectivity index (χ1n) is 8.33. The van der Waals surface area contributed by atoms with Crippen LogP contribution in [0.1, 0.15) is 44.6 Å². The zero-order valence-corrected chi connectivity index (χ0v) is 14.7. The second-order valence-corrected chi connectivity index (χ2v) is 7.22. The third-order valence-corrected chi connectivity index (χ3v) is 5.50. The number of nitrogens with zero attached hydrogens (tertiary/aromatic N) is 2. The molecule has 0 spiro atoms. The smallest absolute Gasteiger partial charge is 0.267 e. The third kappa shape index (κ3) is 4.03. The SMILES string of the molecule is CCC1CCC(=Nn2c(-c3cccs3)cc(C(F)(F)F)cc2=O)CC1. The molecule has 1 aliphatic rings. The van der Waals surface area contributed by atoms with Crippen molar-refractivity contribution in [1.82, 2.24) is 4.68 Å². The summed E-state index contributed by atoms with van der Waals surface area (Å²) >= 11 is 1.29. The van der Waals surface area contributed by atoms with E-state index in [-0.39, 0.29) is 5.69 Å². The third-order valence-electron chi connectivity index (χ3n) is 4.61. The fraction of sp³-hybridized carbons (Fsp3) is 0.444. The lowest BCUT2D eigenvalue weighted by Gasteiger charge is -2.22. The monoisotopic (exact) mass is 368 g/mol. The van der Waals surface area contributed by atoms with Gasteiger partial charge >= 0.3 is 6.18 Å². The van der Waals surface area contributed by atoms with E-state index in [1.165, 1.54) is 11.3 Å². The maximum absolute atomic E-state index is 13.1. The Morgan fingerprint density at radius 2 is 2.00 bits per heavy atom. The quantitative estimate of drug-likeness (QED) is 0.714. The molecule has 25 heavy (non-hydrogen) atoms. The van der Waals surface area contributed by atoms with Crippen LogP contribution in [-0.4, -0.2) is 10.4 Å². The van der Waals surface area contributed by atoms with E-state index in [0.29, 0.717) is 16.9 Å². The van der Waals surface area contributed by atoms with Crippen molar-refractivity contribution in [2.45, 2.75) is 45.2 Å². The maximum Gasteiger partial charge on any atom is 0.416 e. The van der Waals surface area contributed by atoms with E-state index < -0.39 is 17.3 Å². The maximum atomic E-state index is 13.1. The van der Waals surface area contributed by atoms with Crippen molar-refractivity contribution in [3.8, 4) is 10.6 Å². The van der Waals surface area contributed by atoms with Crippen LogP contribution in [0.15, 0.2) is 39.5 Å². The molecule has 3 nitrogen and oxygen atoms in total. The summed E-state index contributed by atoms with van der Waals surface area (Å²) in [5, 5.41) is 6.19. The van der Waals surface area contributed by atoms with Gasteiger partial charge in [0.1, 0.15) is 0 Å². The highest BCUT2D eigenvalue weighted by Crippen LogP contribution is 2.33. The highest BCUT2D eigenvalue weighted by atomic mass is 32.1. The van der Waals surface area contributed by atoms with Gasteiger partial charge in [-0.15, -0.1) is 11.3 Å². The summed E-state index contributed by atoms with van der Waals surface area (Å²) in [6.07, 6.45) is 0.161. The fourth-order valence-electron chi connectivity index (χ4n) is 3.09. The molecule has 0 saturated heterocycles. The second kappa shape index (κ2) is 7.15. The van der Waals surface area contributed by atoms with E-state index >= 15 is 0 Å². The minimum atomic E-state index is -4.56. The van der Waals surface area contributed by atoms with Gasteiger partial charge < -0.3 is 0 Å². The van der Waals surface area contributed by atoms with Gasteiger partial charge in [0.15, 0.2) is 0 Å². The molecule has 0 N–H and O–H groups in total. The molecule has 2 aromatic heterocycles. The molecule has 1 fully saturated rings. The summed E-state index contributed by atoms with van der Waals surface area (Å²) in [4.78, 5) is 12.9.